The zero-order chi connectivity index (χ0) is 11.0. The van der Waals surface area contributed by atoms with E-state index in [1.54, 1.807) is 0 Å². The van der Waals surface area contributed by atoms with E-state index in [1.165, 1.54) is 12.8 Å². The Labute approximate surface area is 102 Å². The maximum atomic E-state index is 6.11. The molecule has 0 saturated heterocycles. The van der Waals surface area contributed by atoms with Crippen LogP contribution >= 0.6 is 11.6 Å². The molecule has 1 aromatic carbocycles. The molecule has 1 nitrogen and oxygen atoms in total. The summed E-state index contributed by atoms with van der Waals surface area (Å²) in [5, 5.41) is 4.29. The van der Waals surface area contributed by atoms with Crippen LogP contribution in [0, 0.1) is 17.8 Å². The van der Waals surface area contributed by atoms with E-state index in [9.17, 15) is 0 Å². The number of hydrogen-bond donors (Lipinski definition) is 1. The Kier molecular flexibility index (Phi) is 2.64. The summed E-state index contributed by atoms with van der Waals surface area (Å²) in [6.07, 6.45) is 7.50. The molecular weight excluding hydrogens is 218 g/mol. The van der Waals surface area contributed by atoms with Gasteiger partial charge in [0.1, 0.15) is 0 Å². The Morgan fingerprint density at radius 1 is 1.19 bits per heavy atom. The predicted octanol–water partition coefficient (Wildman–Crippen LogP) is 3.96. The molecule has 16 heavy (non-hydrogen) atoms. The fourth-order valence-electron chi connectivity index (χ4n) is 2.97. The lowest BCUT2D eigenvalue weighted by Gasteiger charge is -2.19. The van der Waals surface area contributed by atoms with Crippen molar-refractivity contribution in [2.24, 2.45) is 17.8 Å². The van der Waals surface area contributed by atoms with Crippen molar-refractivity contribution in [1.82, 2.24) is 0 Å². The van der Waals surface area contributed by atoms with Crippen LogP contribution in [0.15, 0.2) is 36.4 Å². The zero-order valence-electron chi connectivity index (χ0n) is 9.20. The molecule has 0 aliphatic heterocycles. The van der Waals surface area contributed by atoms with Gasteiger partial charge in [-0.15, -0.1) is 0 Å². The molecule has 0 spiro atoms. The van der Waals surface area contributed by atoms with Crippen LogP contribution in [-0.2, 0) is 0 Å². The van der Waals surface area contributed by atoms with Crippen LogP contribution in [0.1, 0.15) is 12.8 Å². The summed E-state index contributed by atoms with van der Waals surface area (Å²) in [6.45, 7) is 1.05. The van der Waals surface area contributed by atoms with E-state index < -0.39 is 0 Å². The minimum absolute atomic E-state index is 0.797. The van der Waals surface area contributed by atoms with Gasteiger partial charge in [-0.2, -0.15) is 0 Å². The van der Waals surface area contributed by atoms with Crippen molar-refractivity contribution in [2.45, 2.75) is 12.8 Å². The number of anilines is 1. The zero-order valence-corrected chi connectivity index (χ0v) is 9.95. The first-order chi connectivity index (χ1) is 7.83. The molecule has 0 radical (unpaired) electrons. The molecule has 1 fully saturated rings. The number of nitrogens with one attached hydrogen (secondary N) is 1. The normalized spacial score (nSPS) is 30.9. The Balaban J connectivity index is 1.61. The van der Waals surface area contributed by atoms with Crippen LogP contribution in [0.2, 0.25) is 5.02 Å². The van der Waals surface area contributed by atoms with E-state index in [0.717, 1.165) is 35.0 Å². The highest BCUT2D eigenvalue weighted by Gasteiger charge is 2.35. The summed E-state index contributed by atoms with van der Waals surface area (Å²) in [5.74, 6) is 2.45. The van der Waals surface area contributed by atoms with Crippen molar-refractivity contribution in [3.8, 4) is 0 Å². The first-order valence-corrected chi connectivity index (χ1v) is 6.37. The van der Waals surface area contributed by atoms with E-state index in [4.69, 9.17) is 11.6 Å². The second-order valence-electron chi connectivity index (χ2n) is 4.90. The number of fused-ring (bicyclic) bond motifs is 2. The van der Waals surface area contributed by atoms with Crippen molar-refractivity contribution < 1.29 is 0 Å². The summed E-state index contributed by atoms with van der Waals surface area (Å²) < 4.78 is 0. The molecule has 2 aliphatic carbocycles. The summed E-state index contributed by atoms with van der Waals surface area (Å²) in [6, 6.07) is 7.97. The second-order valence-corrected chi connectivity index (χ2v) is 5.31. The van der Waals surface area contributed by atoms with Crippen LogP contribution in [0.4, 0.5) is 5.69 Å². The van der Waals surface area contributed by atoms with E-state index in [1.807, 2.05) is 24.3 Å². The van der Waals surface area contributed by atoms with Crippen LogP contribution in [-0.4, -0.2) is 6.54 Å². The highest BCUT2D eigenvalue weighted by molar-refractivity contribution is 6.33. The highest BCUT2D eigenvalue weighted by Crippen LogP contribution is 2.43. The maximum Gasteiger partial charge on any atom is 0.0637 e. The highest BCUT2D eigenvalue weighted by atomic mass is 35.5. The third-order valence-corrected chi connectivity index (χ3v) is 4.17. The first-order valence-electron chi connectivity index (χ1n) is 5.99. The second kappa shape index (κ2) is 4.14. The Hall–Kier alpha value is -0.950. The summed E-state index contributed by atoms with van der Waals surface area (Å²) in [4.78, 5) is 0. The van der Waals surface area contributed by atoms with Gasteiger partial charge in [-0.3, -0.25) is 0 Å². The lowest BCUT2D eigenvalue weighted by molar-refractivity contribution is 0.472. The van der Waals surface area contributed by atoms with Gasteiger partial charge in [0.2, 0.25) is 0 Å². The molecule has 0 amide bonds. The number of benzene rings is 1. The molecule has 3 unspecified atom stereocenters. The van der Waals surface area contributed by atoms with Crippen molar-refractivity contribution in [3.63, 3.8) is 0 Å². The van der Waals surface area contributed by atoms with Gasteiger partial charge in [-0.05, 0) is 42.7 Å². The number of rotatable bonds is 3. The summed E-state index contributed by atoms with van der Waals surface area (Å²) >= 11 is 6.11. The van der Waals surface area contributed by atoms with Crippen molar-refractivity contribution >= 4 is 17.3 Å². The maximum absolute atomic E-state index is 6.11. The quantitative estimate of drug-likeness (QED) is 0.780. The Bertz CT molecular complexity index is 413. The lowest BCUT2D eigenvalue weighted by Crippen LogP contribution is -2.18. The number of allylic oxidation sites excluding steroid dienone is 2. The monoisotopic (exact) mass is 233 g/mol. The van der Waals surface area contributed by atoms with E-state index in [-0.39, 0.29) is 0 Å². The molecule has 3 rings (SSSR count). The van der Waals surface area contributed by atoms with Gasteiger partial charge >= 0.3 is 0 Å². The van der Waals surface area contributed by atoms with Crippen LogP contribution in [0.5, 0.6) is 0 Å². The standard InChI is InChI=1S/C14H16ClN/c15-13-3-1-2-4-14(13)16-9-12-8-10-5-6-11(12)7-10/h1-6,10-12,16H,7-9H2. The fourth-order valence-corrected chi connectivity index (χ4v) is 3.18. The van der Waals surface area contributed by atoms with Crippen LogP contribution in [0.3, 0.4) is 0 Å². The minimum Gasteiger partial charge on any atom is -0.384 e. The van der Waals surface area contributed by atoms with Gasteiger partial charge < -0.3 is 5.32 Å². The van der Waals surface area contributed by atoms with Gasteiger partial charge in [0, 0.05) is 6.54 Å². The van der Waals surface area contributed by atoms with Crippen LogP contribution < -0.4 is 5.32 Å². The smallest absolute Gasteiger partial charge is 0.0637 e. The molecule has 2 bridgehead atoms. The molecule has 1 N–H and O–H groups in total. The van der Waals surface area contributed by atoms with Gasteiger partial charge in [0.15, 0.2) is 0 Å². The van der Waals surface area contributed by atoms with E-state index in [2.05, 4.69) is 17.5 Å². The van der Waals surface area contributed by atoms with E-state index in [0.29, 0.717) is 0 Å². The molecule has 0 heterocycles. The molecule has 0 aromatic heterocycles. The third-order valence-electron chi connectivity index (χ3n) is 3.84. The average molecular weight is 234 g/mol. The fraction of sp³-hybridized carbons (Fsp3) is 0.429. The Morgan fingerprint density at radius 3 is 2.75 bits per heavy atom. The largest absolute Gasteiger partial charge is 0.384 e. The molecule has 1 saturated carbocycles. The first kappa shape index (κ1) is 10.2. The van der Waals surface area contributed by atoms with Crippen molar-refractivity contribution in [3.05, 3.63) is 41.4 Å². The molecule has 2 aliphatic rings. The van der Waals surface area contributed by atoms with Crippen molar-refractivity contribution in [2.75, 3.05) is 11.9 Å². The molecule has 3 atom stereocenters. The number of para-hydroxylation sites is 1. The van der Waals surface area contributed by atoms with Gasteiger partial charge in [0.25, 0.3) is 0 Å². The third kappa shape index (κ3) is 1.84. The van der Waals surface area contributed by atoms with Crippen LogP contribution in [0.25, 0.3) is 0 Å². The molecule has 2 heteroatoms. The molecule has 84 valence electrons. The van der Waals surface area contributed by atoms with Crippen molar-refractivity contribution in [1.29, 1.82) is 0 Å². The lowest BCUT2D eigenvalue weighted by atomic mass is 9.93. The van der Waals surface area contributed by atoms with Gasteiger partial charge in [-0.25, -0.2) is 0 Å². The molecule has 1 aromatic rings. The SMILES string of the molecule is Clc1ccccc1NCC1CC2C=CC1C2. The topological polar surface area (TPSA) is 12.0 Å². The average Bonchev–Trinajstić information content (AvgIpc) is 2.90. The summed E-state index contributed by atoms with van der Waals surface area (Å²) in [5.41, 5.74) is 1.07. The van der Waals surface area contributed by atoms with Gasteiger partial charge in [-0.1, -0.05) is 35.9 Å². The predicted molar refractivity (Wildman–Crippen MR) is 68.8 cm³/mol. The van der Waals surface area contributed by atoms with Gasteiger partial charge in [0.05, 0.1) is 10.7 Å². The number of hydrogen-bond acceptors (Lipinski definition) is 1. The van der Waals surface area contributed by atoms with E-state index >= 15 is 0 Å². The molecular formula is C14H16ClN. The number of halogens is 1. The summed E-state index contributed by atoms with van der Waals surface area (Å²) in [7, 11) is 0. The Morgan fingerprint density at radius 2 is 2.06 bits per heavy atom. The minimum atomic E-state index is 0.797.